The Morgan fingerprint density at radius 3 is 1.70 bits per heavy atom. The number of carbonyl (C=O) groups excluding carboxylic acids is 3. The van der Waals surface area contributed by atoms with Crippen LogP contribution in [0.4, 0.5) is 18.0 Å². The van der Waals surface area contributed by atoms with Crippen LogP contribution in [0.2, 0.25) is 0 Å². The van der Waals surface area contributed by atoms with Gasteiger partial charge in [0.25, 0.3) is 0 Å². The van der Waals surface area contributed by atoms with Gasteiger partial charge in [-0.2, -0.15) is 13.2 Å². The number of nitrogens with zero attached hydrogens (tertiary/aromatic N) is 1. The predicted octanol–water partition coefficient (Wildman–Crippen LogP) is 2.77. The number of hydrogen-bond acceptors (Lipinski definition) is 5. The maximum Gasteiger partial charge on any atom is 0.490 e. The summed E-state index contributed by atoms with van der Waals surface area (Å²) < 4.78 is 31.7. The van der Waals surface area contributed by atoms with E-state index in [2.05, 4.69) is 10.6 Å². The van der Waals surface area contributed by atoms with Gasteiger partial charge in [-0.25, -0.2) is 9.59 Å². The summed E-state index contributed by atoms with van der Waals surface area (Å²) in [5, 5.41) is 19.8. The quantitative estimate of drug-likeness (QED) is 0.0838. The summed E-state index contributed by atoms with van der Waals surface area (Å²) in [7, 11) is 0. The maximum atomic E-state index is 14.4. The number of rotatable bonds is 13. The van der Waals surface area contributed by atoms with Crippen molar-refractivity contribution in [3.63, 3.8) is 0 Å². The second kappa shape index (κ2) is 17.6. The van der Waals surface area contributed by atoms with Crippen LogP contribution in [0.1, 0.15) is 41.0 Å². The number of aliphatic carboxylic acids is 1. The molecule has 12 nitrogen and oxygen atoms in total. The van der Waals surface area contributed by atoms with Gasteiger partial charge in [0.05, 0.1) is 5.92 Å². The predicted molar refractivity (Wildman–Crippen MR) is 164 cm³/mol. The highest BCUT2D eigenvalue weighted by Gasteiger charge is 2.38. The molecule has 4 amide bonds. The molecular formula is C31H36F3N7O5. The number of amides is 4. The molecule has 0 spiro atoms. The van der Waals surface area contributed by atoms with Crippen LogP contribution in [0.25, 0.3) is 0 Å². The number of carboxylic acids is 1. The fraction of sp³-hybridized carbons (Fsp3) is 0.258. The molecule has 0 radical (unpaired) electrons. The van der Waals surface area contributed by atoms with Crippen molar-refractivity contribution in [3.05, 3.63) is 107 Å². The Hall–Kier alpha value is -5.60. The van der Waals surface area contributed by atoms with Crippen LogP contribution >= 0.6 is 0 Å². The lowest BCUT2D eigenvalue weighted by atomic mass is 9.89. The monoisotopic (exact) mass is 643 g/mol. The Morgan fingerprint density at radius 2 is 1.28 bits per heavy atom. The van der Waals surface area contributed by atoms with E-state index in [9.17, 15) is 27.6 Å². The molecule has 10 N–H and O–H groups in total. The van der Waals surface area contributed by atoms with Crippen molar-refractivity contribution in [1.82, 2.24) is 15.5 Å². The molecule has 46 heavy (non-hydrogen) atoms. The van der Waals surface area contributed by atoms with Crippen molar-refractivity contribution >= 4 is 29.8 Å². The third-order valence-corrected chi connectivity index (χ3v) is 6.56. The molecule has 0 aromatic heterocycles. The first-order valence-electron chi connectivity index (χ1n) is 13.9. The highest BCUT2D eigenvalue weighted by Crippen LogP contribution is 2.29. The molecule has 0 heterocycles. The van der Waals surface area contributed by atoms with Crippen molar-refractivity contribution in [2.75, 3.05) is 6.54 Å². The molecule has 0 aliphatic heterocycles. The van der Waals surface area contributed by atoms with Gasteiger partial charge in [-0.15, -0.1) is 0 Å². The second-order valence-corrected chi connectivity index (χ2v) is 9.96. The van der Waals surface area contributed by atoms with E-state index in [0.29, 0.717) is 13.0 Å². The van der Waals surface area contributed by atoms with Crippen molar-refractivity contribution < 1.29 is 37.5 Å². The lowest BCUT2D eigenvalue weighted by Crippen LogP contribution is -2.49. The first-order valence-corrected chi connectivity index (χ1v) is 13.9. The van der Waals surface area contributed by atoms with E-state index < -0.39 is 36.0 Å². The molecule has 246 valence electrons. The van der Waals surface area contributed by atoms with Gasteiger partial charge in [0, 0.05) is 19.6 Å². The molecule has 0 saturated heterocycles. The summed E-state index contributed by atoms with van der Waals surface area (Å²) in [6.45, 7) is 0.783. The zero-order valence-corrected chi connectivity index (χ0v) is 24.7. The number of nitrogens with one attached hydrogen (secondary N) is 3. The smallest absolute Gasteiger partial charge is 0.475 e. The van der Waals surface area contributed by atoms with Crippen LogP contribution in [0.5, 0.6) is 0 Å². The summed E-state index contributed by atoms with van der Waals surface area (Å²) in [4.78, 5) is 48.6. The van der Waals surface area contributed by atoms with E-state index in [4.69, 9.17) is 32.5 Å². The molecule has 15 heteroatoms. The van der Waals surface area contributed by atoms with Crippen LogP contribution < -0.4 is 27.8 Å². The van der Waals surface area contributed by atoms with Gasteiger partial charge < -0.3 is 37.8 Å². The summed E-state index contributed by atoms with van der Waals surface area (Å²) in [6, 6.07) is 24.7. The van der Waals surface area contributed by atoms with Crippen LogP contribution in [0.3, 0.4) is 0 Å². The van der Waals surface area contributed by atoms with Gasteiger partial charge in [-0.1, -0.05) is 84.9 Å². The third-order valence-electron chi connectivity index (χ3n) is 6.56. The molecule has 3 rings (SSSR count). The molecule has 3 aromatic carbocycles. The number of hydrogen-bond donors (Lipinski definition) is 7. The number of urea groups is 1. The molecule has 0 aliphatic carbocycles. The number of halogens is 3. The van der Waals surface area contributed by atoms with Gasteiger partial charge in [0.2, 0.25) is 11.8 Å². The minimum absolute atomic E-state index is 0.145. The fourth-order valence-corrected chi connectivity index (χ4v) is 4.39. The van der Waals surface area contributed by atoms with Gasteiger partial charge in [-0.05, 0) is 35.1 Å². The Labute approximate surface area is 263 Å². The number of carbonyl (C=O) groups is 4. The average molecular weight is 644 g/mol. The molecule has 0 fully saturated rings. The lowest BCUT2D eigenvalue weighted by molar-refractivity contribution is -0.192. The van der Waals surface area contributed by atoms with Crippen LogP contribution in [-0.2, 0) is 27.5 Å². The van der Waals surface area contributed by atoms with E-state index in [0.717, 1.165) is 22.3 Å². The Morgan fingerprint density at radius 1 is 0.804 bits per heavy atom. The largest absolute Gasteiger partial charge is 0.490 e. The SMILES string of the molecule is N=C(N)NCCC[C@@H](C(N)=O)N(Cc1ccc(CNC(N)=O)cc1)C(=O)C(c1ccccc1)c1ccccc1.O=C(O)C(F)(F)F. The van der Waals surface area contributed by atoms with Gasteiger partial charge >= 0.3 is 18.2 Å². The fourth-order valence-electron chi connectivity index (χ4n) is 4.39. The summed E-state index contributed by atoms with van der Waals surface area (Å²) in [5.41, 5.74) is 19.6. The average Bonchev–Trinajstić information content (AvgIpc) is 3.00. The Bertz CT molecular complexity index is 1420. The molecule has 0 aliphatic rings. The number of nitrogens with two attached hydrogens (primary N) is 3. The maximum absolute atomic E-state index is 14.4. The van der Waals surface area contributed by atoms with E-state index in [1.165, 1.54) is 4.90 Å². The van der Waals surface area contributed by atoms with Gasteiger partial charge in [0.15, 0.2) is 5.96 Å². The molecule has 1 atom stereocenters. The second-order valence-electron chi connectivity index (χ2n) is 9.96. The topological polar surface area (TPSA) is 218 Å². The number of alkyl halides is 3. The van der Waals surface area contributed by atoms with E-state index in [1.54, 1.807) is 0 Å². The number of primary amides is 2. The van der Waals surface area contributed by atoms with Crippen molar-refractivity contribution in [3.8, 4) is 0 Å². The summed E-state index contributed by atoms with van der Waals surface area (Å²) in [5.74, 6) is -4.45. The van der Waals surface area contributed by atoms with Crippen LogP contribution in [0.15, 0.2) is 84.9 Å². The van der Waals surface area contributed by atoms with E-state index in [1.807, 2.05) is 84.9 Å². The molecule has 0 bridgehead atoms. The Balaban J connectivity index is 0.000000942. The zero-order chi connectivity index (χ0) is 34.3. The van der Waals surface area contributed by atoms with E-state index in [-0.39, 0.29) is 31.4 Å². The number of carboxylic acid groups (broad SMARTS) is 1. The summed E-state index contributed by atoms with van der Waals surface area (Å²) >= 11 is 0. The highest BCUT2D eigenvalue weighted by molar-refractivity contribution is 5.92. The van der Waals surface area contributed by atoms with Crippen molar-refractivity contribution in [2.24, 2.45) is 17.2 Å². The lowest BCUT2D eigenvalue weighted by Gasteiger charge is -2.33. The number of benzene rings is 3. The molecule has 0 unspecified atom stereocenters. The van der Waals surface area contributed by atoms with Gasteiger partial charge in [0.1, 0.15) is 6.04 Å². The van der Waals surface area contributed by atoms with Crippen molar-refractivity contribution in [1.29, 1.82) is 5.41 Å². The minimum atomic E-state index is -5.08. The Kier molecular flexibility index (Phi) is 14.0. The number of guanidine groups is 1. The molecule has 3 aromatic rings. The van der Waals surface area contributed by atoms with Crippen LogP contribution in [-0.4, -0.2) is 58.5 Å². The summed E-state index contributed by atoms with van der Waals surface area (Å²) in [6.07, 6.45) is -4.33. The van der Waals surface area contributed by atoms with Gasteiger partial charge in [-0.3, -0.25) is 15.0 Å². The normalized spacial score (nSPS) is 11.4. The first kappa shape index (κ1) is 36.6. The zero-order valence-electron chi connectivity index (χ0n) is 24.7. The molecule has 0 saturated carbocycles. The third kappa shape index (κ3) is 12.2. The first-order chi connectivity index (χ1) is 21.7. The highest BCUT2D eigenvalue weighted by atomic mass is 19.4. The van der Waals surface area contributed by atoms with Crippen LogP contribution in [0, 0.1) is 5.41 Å². The van der Waals surface area contributed by atoms with Crippen molar-refractivity contribution in [2.45, 2.75) is 44.1 Å². The van der Waals surface area contributed by atoms with E-state index >= 15 is 0 Å². The standard InChI is InChI=1S/C29H35N7O3.C2HF3O2/c30-26(37)24(12-7-17-34-28(31)32)36(19-21-15-13-20(14-16-21)18-35-29(33)39)27(38)25(22-8-3-1-4-9-22)23-10-5-2-6-11-23;3-2(4,5)1(6)7/h1-6,8-11,13-16,24-25H,7,12,17-19H2,(H2,30,37)(H4,31,32,34)(H3,33,35,39);(H,6,7)/t24-;/m0./s1. The minimum Gasteiger partial charge on any atom is -0.475 e. The molecular weight excluding hydrogens is 607 g/mol.